The molecule has 0 unspecified atom stereocenters. The number of hydrogen-bond acceptors (Lipinski definition) is 2. The van der Waals surface area contributed by atoms with Crippen LogP contribution in [0.15, 0.2) is 12.4 Å². The van der Waals surface area contributed by atoms with E-state index < -0.39 is 6.55 Å². The molecule has 21 heavy (non-hydrogen) atoms. The zero-order chi connectivity index (χ0) is 15.4. The Morgan fingerprint density at radius 2 is 2.10 bits per heavy atom. The second-order valence-corrected chi connectivity index (χ2v) is 5.86. The first kappa shape index (κ1) is 15.7. The Labute approximate surface area is 123 Å². The molecule has 5 nitrogen and oxygen atoms in total. The van der Waals surface area contributed by atoms with Crippen LogP contribution in [0.3, 0.4) is 0 Å². The number of piperidine rings is 1. The van der Waals surface area contributed by atoms with Crippen molar-refractivity contribution >= 4 is 6.03 Å². The van der Waals surface area contributed by atoms with Crippen LogP contribution in [-0.4, -0.2) is 40.1 Å². The molecular formula is C14H22F2N4O. The summed E-state index contributed by atoms with van der Waals surface area (Å²) >= 11 is 0. The molecule has 0 radical (unpaired) electrons. The van der Waals surface area contributed by atoms with E-state index in [2.05, 4.69) is 24.1 Å². The molecule has 2 atom stereocenters. The van der Waals surface area contributed by atoms with E-state index in [1.54, 1.807) is 4.90 Å². The maximum atomic E-state index is 12.7. The van der Waals surface area contributed by atoms with Crippen molar-refractivity contribution in [2.75, 3.05) is 19.6 Å². The molecule has 0 spiro atoms. The first-order valence-electron chi connectivity index (χ1n) is 7.30. The number of likely N-dealkylation sites (tertiary alicyclic amines) is 1. The van der Waals surface area contributed by atoms with Gasteiger partial charge in [-0.3, -0.25) is 4.57 Å². The Bertz CT molecular complexity index is 467. The summed E-state index contributed by atoms with van der Waals surface area (Å²) in [6, 6.07) is -0.122. The molecule has 2 heterocycles. The number of hydrogen-bond donors (Lipinski definition) is 1. The molecule has 0 saturated carbocycles. The van der Waals surface area contributed by atoms with Crippen molar-refractivity contribution < 1.29 is 13.6 Å². The number of carbonyl (C=O) groups is 1. The topological polar surface area (TPSA) is 50.2 Å². The average molecular weight is 300 g/mol. The van der Waals surface area contributed by atoms with E-state index in [0.717, 1.165) is 24.1 Å². The van der Waals surface area contributed by atoms with Crippen molar-refractivity contribution in [1.82, 2.24) is 19.8 Å². The SMILES string of the molecule is C[C@@H]1C[C@@H](C)CN(C(=O)NCCc2nccn2C(F)F)C1. The van der Waals surface area contributed by atoms with Gasteiger partial charge in [0, 0.05) is 38.4 Å². The number of aromatic nitrogens is 2. The molecule has 7 heteroatoms. The molecule has 1 aromatic heterocycles. The molecule has 1 aromatic rings. The Kier molecular flexibility index (Phi) is 5.14. The van der Waals surface area contributed by atoms with Gasteiger partial charge in [0.15, 0.2) is 0 Å². The van der Waals surface area contributed by atoms with Gasteiger partial charge in [-0.15, -0.1) is 0 Å². The highest BCUT2D eigenvalue weighted by Gasteiger charge is 2.25. The predicted molar refractivity (Wildman–Crippen MR) is 75.1 cm³/mol. The van der Waals surface area contributed by atoms with Crippen LogP contribution in [0.1, 0.15) is 32.6 Å². The van der Waals surface area contributed by atoms with Gasteiger partial charge in [-0.05, 0) is 18.3 Å². The molecule has 1 aliphatic heterocycles. The minimum atomic E-state index is -2.60. The van der Waals surface area contributed by atoms with Gasteiger partial charge in [0.1, 0.15) is 5.82 Å². The third kappa shape index (κ3) is 4.15. The number of amides is 2. The molecule has 1 aliphatic rings. The van der Waals surface area contributed by atoms with E-state index >= 15 is 0 Å². The molecule has 2 amide bonds. The third-order valence-electron chi connectivity index (χ3n) is 3.74. The maximum Gasteiger partial charge on any atom is 0.319 e. The summed E-state index contributed by atoms with van der Waals surface area (Å²) in [5.74, 6) is 1.28. The molecule has 0 bridgehead atoms. The number of nitrogens with zero attached hydrogens (tertiary/aromatic N) is 3. The Balaban J connectivity index is 1.80. The van der Waals surface area contributed by atoms with Crippen molar-refractivity contribution in [3.05, 3.63) is 18.2 Å². The number of imidazole rings is 1. The van der Waals surface area contributed by atoms with Crippen molar-refractivity contribution in [2.45, 2.75) is 33.2 Å². The van der Waals surface area contributed by atoms with Crippen LogP contribution < -0.4 is 5.32 Å². The largest absolute Gasteiger partial charge is 0.338 e. The van der Waals surface area contributed by atoms with Gasteiger partial charge in [0.25, 0.3) is 0 Å². The Hall–Kier alpha value is -1.66. The average Bonchev–Trinajstić information content (AvgIpc) is 2.86. The second kappa shape index (κ2) is 6.87. The molecule has 1 N–H and O–H groups in total. The maximum absolute atomic E-state index is 12.7. The van der Waals surface area contributed by atoms with Gasteiger partial charge in [-0.1, -0.05) is 13.8 Å². The molecule has 1 fully saturated rings. The van der Waals surface area contributed by atoms with E-state index in [4.69, 9.17) is 0 Å². The standard InChI is InChI=1S/C14H22F2N4O/c1-10-7-11(2)9-19(8-10)14(21)18-4-3-12-17-5-6-20(12)13(15)16/h5-6,10-11,13H,3-4,7-9H2,1-2H3,(H,18,21)/t10-,11-/m1/s1. The summed E-state index contributed by atoms with van der Waals surface area (Å²) in [4.78, 5) is 17.8. The van der Waals surface area contributed by atoms with Crippen LogP contribution in [0.25, 0.3) is 0 Å². The summed E-state index contributed by atoms with van der Waals surface area (Å²) in [5.41, 5.74) is 0. The number of nitrogens with one attached hydrogen (secondary N) is 1. The molecule has 0 aromatic carbocycles. The van der Waals surface area contributed by atoms with Gasteiger partial charge in [-0.2, -0.15) is 8.78 Å². The smallest absolute Gasteiger partial charge is 0.319 e. The van der Waals surface area contributed by atoms with Crippen LogP contribution in [0, 0.1) is 11.8 Å². The first-order valence-corrected chi connectivity index (χ1v) is 7.30. The van der Waals surface area contributed by atoms with Crippen LogP contribution in [0.5, 0.6) is 0 Å². The summed E-state index contributed by atoms with van der Waals surface area (Å²) < 4.78 is 26.1. The molecule has 2 rings (SSSR count). The highest BCUT2D eigenvalue weighted by Crippen LogP contribution is 2.20. The number of urea groups is 1. The summed E-state index contributed by atoms with van der Waals surface area (Å²) in [7, 11) is 0. The summed E-state index contributed by atoms with van der Waals surface area (Å²) in [5, 5.41) is 2.79. The van der Waals surface area contributed by atoms with E-state index in [-0.39, 0.29) is 11.9 Å². The highest BCUT2D eigenvalue weighted by atomic mass is 19.3. The van der Waals surface area contributed by atoms with Crippen molar-refractivity contribution in [3.63, 3.8) is 0 Å². The molecule has 118 valence electrons. The van der Waals surface area contributed by atoms with Gasteiger partial charge in [0.05, 0.1) is 0 Å². The second-order valence-electron chi connectivity index (χ2n) is 5.86. The van der Waals surface area contributed by atoms with Gasteiger partial charge in [-0.25, -0.2) is 9.78 Å². The molecule has 1 saturated heterocycles. The van der Waals surface area contributed by atoms with Crippen LogP contribution >= 0.6 is 0 Å². The fourth-order valence-electron chi connectivity index (χ4n) is 2.94. The lowest BCUT2D eigenvalue weighted by molar-refractivity contribution is 0.0670. The fourth-order valence-corrected chi connectivity index (χ4v) is 2.94. The Morgan fingerprint density at radius 1 is 1.43 bits per heavy atom. The van der Waals surface area contributed by atoms with E-state index in [1.807, 2.05) is 0 Å². The number of rotatable bonds is 4. The normalized spacial score (nSPS) is 22.6. The van der Waals surface area contributed by atoms with Crippen molar-refractivity contribution in [2.24, 2.45) is 11.8 Å². The van der Waals surface area contributed by atoms with Crippen molar-refractivity contribution in [1.29, 1.82) is 0 Å². The van der Waals surface area contributed by atoms with Crippen LogP contribution in [-0.2, 0) is 6.42 Å². The zero-order valence-corrected chi connectivity index (χ0v) is 12.4. The highest BCUT2D eigenvalue weighted by molar-refractivity contribution is 5.74. The summed E-state index contributed by atoms with van der Waals surface area (Å²) in [6.45, 7) is 3.48. The zero-order valence-electron chi connectivity index (χ0n) is 12.4. The number of halogens is 2. The minimum absolute atomic E-state index is 0.122. The molecular weight excluding hydrogens is 278 g/mol. The van der Waals surface area contributed by atoms with Crippen LogP contribution in [0.2, 0.25) is 0 Å². The predicted octanol–water partition coefficient (Wildman–Crippen LogP) is 2.51. The number of alkyl halides is 2. The van der Waals surface area contributed by atoms with E-state index in [9.17, 15) is 13.6 Å². The summed E-state index contributed by atoms with van der Waals surface area (Å²) in [6.07, 6.45) is 4.02. The quantitative estimate of drug-likeness (QED) is 0.929. The van der Waals surface area contributed by atoms with Gasteiger partial charge >= 0.3 is 12.6 Å². The van der Waals surface area contributed by atoms with Crippen molar-refractivity contribution in [3.8, 4) is 0 Å². The molecule has 0 aliphatic carbocycles. The number of carbonyl (C=O) groups excluding carboxylic acids is 1. The van der Waals surface area contributed by atoms with Gasteiger partial charge < -0.3 is 10.2 Å². The minimum Gasteiger partial charge on any atom is -0.338 e. The van der Waals surface area contributed by atoms with Gasteiger partial charge in [0.2, 0.25) is 0 Å². The van der Waals surface area contributed by atoms with E-state index in [1.165, 1.54) is 12.4 Å². The third-order valence-corrected chi connectivity index (χ3v) is 3.74. The Morgan fingerprint density at radius 3 is 2.71 bits per heavy atom. The monoisotopic (exact) mass is 300 g/mol. The first-order chi connectivity index (χ1) is 9.97. The van der Waals surface area contributed by atoms with E-state index in [0.29, 0.717) is 24.8 Å². The lowest BCUT2D eigenvalue weighted by Gasteiger charge is -2.34. The van der Waals surface area contributed by atoms with Crippen LogP contribution in [0.4, 0.5) is 13.6 Å². The lowest BCUT2D eigenvalue weighted by atomic mass is 9.92. The lowest BCUT2D eigenvalue weighted by Crippen LogP contribution is -2.47. The fraction of sp³-hybridized carbons (Fsp3) is 0.714.